The van der Waals surface area contributed by atoms with Crippen molar-refractivity contribution in [2.24, 2.45) is 5.41 Å². The molecule has 2 bridgehead atoms. The van der Waals surface area contributed by atoms with Crippen LogP contribution in [0.2, 0.25) is 0 Å². The molecule has 31 heavy (non-hydrogen) atoms. The first-order valence-corrected chi connectivity index (χ1v) is 13.3. The first-order chi connectivity index (χ1) is 14.9. The van der Waals surface area contributed by atoms with E-state index in [1.165, 1.54) is 37.6 Å². The molecule has 0 spiro atoms. The highest BCUT2D eigenvalue weighted by molar-refractivity contribution is 7.90. The smallest absolute Gasteiger partial charge is 0.227 e. The number of sulfone groups is 1. The summed E-state index contributed by atoms with van der Waals surface area (Å²) < 4.78 is 22.6. The maximum atomic E-state index is 11.3. The Balaban J connectivity index is 1.18. The molecule has 4 aliphatic rings. The second kappa shape index (κ2) is 8.05. The summed E-state index contributed by atoms with van der Waals surface area (Å²) in [5, 5.41) is 14.2. The van der Waals surface area contributed by atoms with Crippen LogP contribution in [0.4, 0.5) is 17.6 Å². The van der Waals surface area contributed by atoms with E-state index in [-0.39, 0.29) is 11.2 Å². The predicted octanol–water partition coefficient (Wildman–Crippen LogP) is 2.20. The van der Waals surface area contributed by atoms with Gasteiger partial charge in [0, 0.05) is 61.2 Å². The van der Waals surface area contributed by atoms with E-state index in [0.29, 0.717) is 18.5 Å². The molecule has 168 valence electrons. The molecule has 4 heterocycles. The number of aromatic nitrogens is 4. The number of anilines is 3. The van der Waals surface area contributed by atoms with Gasteiger partial charge in [-0.25, -0.2) is 13.4 Å². The van der Waals surface area contributed by atoms with Gasteiger partial charge in [-0.1, -0.05) is 12.8 Å². The summed E-state index contributed by atoms with van der Waals surface area (Å²) in [5.74, 6) is 3.07. The summed E-state index contributed by atoms with van der Waals surface area (Å²) in [4.78, 5) is 11.5. The number of hydrogen-bond donors (Lipinski definition) is 3. The molecule has 2 aliphatic carbocycles. The van der Waals surface area contributed by atoms with Crippen molar-refractivity contribution in [1.29, 1.82) is 0 Å². The fourth-order valence-electron chi connectivity index (χ4n) is 5.36. The van der Waals surface area contributed by atoms with Gasteiger partial charge < -0.3 is 15.5 Å². The lowest BCUT2D eigenvalue weighted by atomic mass is 9.70. The van der Waals surface area contributed by atoms with Crippen LogP contribution in [-0.4, -0.2) is 66.3 Å². The molecule has 6 rings (SSSR count). The molecule has 0 aromatic carbocycles. The van der Waals surface area contributed by atoms with Gasteiger partial charge in [-0.2, -0.15) is 10.1 Å². The van der Waals surface area contributed by atoms with Crippen molar-refractivity contribution in [2.75, 3.05) is 41.9 Å². The first-order valence-electron chi connectivity index (χ1n) is 11.2. The summed E-state index contributed by atoms with van der Waals surface area (Å²) in [6, 6.07) is 4.43. The van der Waals surface area contributed by atoms with Crippen molar-refractivity contribution in [3.8, 4) is 0 Å². The molecule has 2 aromatic rings. The lowest BCUT2D eigenvalue weighted by Gasteiger charge is -2.37. The normalized spacial score (nSPS) is 25.7. The highest BCUT2D eigenvalue weighted by atomic mass is 32.2. The largest absolute Gasteiger partial charge is 0.337 e. The molecule has 0 atom stereocenters. The maximum Gasteiger partial charge on any atom is 0.227 e. The molecule has 2 saturated carbocycles. The average molecular weight is 446 g/mol. The Morgan fingerprint density at radius 3 is 2.84 bits per heavy atom. The number of aromatic amines is 1. The van der Waals surface area contributed by atoms with E-state index < -0.39 is 9.84 Å². The van der Waals surface area contributed by atoms with Gasteiger partial charge in [0.1, 0.15) is 15.7 Å². The van der Waals surface area contributed by atoms with Gasteiger partial charge in [-0.3, -0.25) is 5.10 Å². The standard InChI is InChI=1S/C21H31N7O2S/c1-31(29,30)9-8-22-13-21-11-16(12-21)28(14-21)20-23-7-6-18(25-20)24-19-10-17(26-27-19)15-4-2-3-5-15/h6-7,10,15-16,22H,2-5,8-9,11-14H2,1H3,(H2,23,24,25,26,27). The molecule has 2 saturated heterocycles. The highest BCUT2D eigenvalue weighted by Gasteiger charge is 2.55. The number of rotatable bonds is 9. The highest BCUT2D eigenvalue weighted by Crippen LogP contribution is 2.52. The van der Waals surface area contributed by atoms with Crippen molar-refractivity contribution >= 4 is 27.4 Å². The van der Waals surface area contributed by atoms with Gasteiger partial charge in [-0.05, 0) is 31.7 Å². The quantitative estimate of drug-likeness (QED) is 0.503. The summed E-state index contributed by atoms with van der Waals surface area (Å²) in [6.45, 7) is 2.25. The lowest BCUT2D eigenvalue weighted by molar-refractivity contribution is 0.193. The number of nitrogens with one attached hydrogen (secondary N) is 3. The fraction of sp³-hybridized carbons (Fsp3) is 0.667. The van der Waals surface area contributed by atoms with Gasteiger partial charge in [0.15, 0.2) is 5.82 Å². The Bertz CT molecular complexity index is 1030. The minimum atomic E-state index is -2.92. The molecular formula is C21H31N7O2S. The number of fused-ring (bicyclic) bond motifs is 1. The third-order valence-corrected chi connectivity index (χ3v) is 7.93. The van der Waals surface area contributed by atoms with Crippen LogP contribution in [0.1, 0.15) is 50.1 Å². The van der Waals surface area contributed by atoms with E-state index in [1.807, 2.05) is 6.07 Å². The fourth-order valence-corrected chi connectivity index (χ4v) is 5.87. The van der Waals surface area contributed by atoms with Gasteiger partial charge in [-0.15, -0.1) is 0 Å². The molecular weight excluding hydrogens is 414 g/mol. The van der Waals surface area contributed by atoms with Crippen LogP contribution in [0.3, 0.4) is 0 Å². The van der Waals surface area contributed by atoms with Gasteiger partial charge in [0.2, 0.25) is 5.95 Å². The van der Waals surface area contributed by atoms with Crippen molar-refractivity contribution in [3.05, 3.63) is 24.0 Å². The Hall–Kier alpha value is -2.20. The molecule has 2 aliphatic heterocycles. The van der Waals surface area contributed by atoms with E-state index in [1.54, 1.807) is 6.20 Å². The summed E-state index contributed by atoms with van der Waals surface area (Å²) >= 11 is 0. The SMILES string of the molecule is CS(=O)(=O)CCNCC12CC(C1)N(c1nccc(Nc3cc(C4CCCC4)[nH]n3)n1)C2. The van der Waals surface area contributed by atoms with E-state index in [4.69, 9.17) is 4.98 Å². The topological polar surface area (TPSA) is 116 Å². The lowest BCUT2D eigenvalue weighted by Crippen LogP contribution is -2.43. The molecule has 0 amide bonds. The average Bonchev–Trinajstić information content (AvgIpc) is 3.47. The van der Waals surface area contributed by atoms with E-state index in [9.17, 15) is 8.42 Å². The minimum Gasteiger partial charge on any atom is -0.337 e. The number of hydrogen-bond acceptors (Lipinski definition) is 8. The second-order valence-corrected chi connectivity index (χ2v) is 11.8. The monoisotopic (exact) mass is 445 g/mol. The van der Waals surface area contributed by atoms with E-state index in [0.717, 1.165) is 43.5 Å². The maximum absolute atomic E-state index is 11.3. The Labute approximate surface area is 183 Å². The first kappa shape index (κ1) is 20.7. The molecule has 0 unspecified atom stereocenters. The van der Waals surface area contributed by atoms with Crippen molar-refractivity contribution < 1.29 is 8.42 Å². The van der Waals surface area contributed by atoms with Crippen LogP contribution < -0.4 is 15.5 Å². The molecule has 2 aromatic heterocycles. The van der Waals surface area contributed by atoms with Crippen molar-refractivity contribution in [3.63, 3.8) is 0 Å². The van der Waals surface area contributed by atoms with Crippen LogP contribution in [0.15, 0.2) is 18.3 Å². The van der Waals surface area contributed by atoms with Crippen LogP contribution >= 0.6 is 0 Å². The summed E-state index contributed by atoms with van der Waals surface area (Å²) in [7, 11) is -2.92. The zero-order chi connectivity index (χ0) is 21.5. The molecule has 0 radical (unpaired) electrons. The Morgan fingerprint density at radius 2 is 2.06 bits per heavy atom. The van der Waals surface area contributed by atoms with E-state index in [2.05, 4.69) is 36.8 Å². The van der Waals surface area contributed by atoms with E-state index >= 15 is 0 Å². The Morgan fingerprint density at radius 1 is 1.26 bits per heavy atom. The second-order valence-electron chi connectivity index (χ2n) is 9.55. The predicted molar refractivity (Wildman–Crippen MR) is 120 cm³/mol. The summed E-state index contributed by atoms with van der Waals surface area (Å²) in [6.07, 6.45) is 10.3. The molecule has 4 fully saturated rings. The van der Waals surface area contributed by atoms with Crippen LogP contribution in [0.25, 0.3) is 0 Å². The molecule has 9 nitrogen and oxygen atoms in total. The summed E-state index contributed by atoms with van der Waals surface area (Å²) in [5.41, 5.74) is 1.41. The van der Waals surface area contributed by atoms with Crippen molar-refractivity contribution in [2.45, 2.75) is 50.5 Å². The van der Waals surface area contributed by atoms with Crippen molar-refractivity contribution in [1.82, 2.24) is 25.5 Å². The zero-order valence-electron chi connectivity index (χ0n) is 18.0. The number of nitrogens with zero attached hydrogens (tertiary/aromatic N) is 4. The van der Waals surface area contributed by atoms with Gasteiger partial charge >= 0.3 is 0 Å². The van der Waals surface area contributed by atoms with Crippen LogP contribution in [0, 0.1) is 5.41 Å². The van der Waals surface area contributed by atoms with Crippen LogP contribution in [0.5, 0.6) is 0 Å². The third kappa shape index (κ3) is 4.55. The van der Waals surface area contributed by atoms with Crippen LogP contribution in [-0.2, 0) is 9.84 Å². The third-order valence-electron chi connectivity index (χ3n) is 6.98. The Kier molecular flexibility index (Phi) is 5.37. The minimum absolute atomic E-state index is 0.183. The number of H-pyrrole nitrogens is 1. The zero-order valence-corrected chi connectivity index (χ0v) is 18.8. The molecule has 3 N–H and O–H groups in total. The molecule has 10 heteroatoms. The van der Waals surface area contributed by atoms with Gasteiger partial charge in [0.25, 0.3) is 0 Å². The van der Waals surface area contributed by atoms with Gasteiger partial charge in [0.05, 0.1) is 5.75 Å².